The Morgan fingerprint density at radius 3 is 2.20 bits per heavy atom. The fourth-order valence-corrected chi connectivity index (χ4v) is 4.85. The van der Waals surface area contributed by atoms with E-state index in [0.29, 0.717) is 5.56 Å². The molecule has 0 aliphatic carbocycles. The predicted molar refractivity (Wildman–Crippen MR) is 119 cm³/mol. The first-order chi connectivity index (χ1) is 14.4. The first-order valence-corrected chi connectivity index (χ1v) is 11.1. The summed E-state index contributed by atoms with van der Waals surface area (Å²) >= 11 is 0. The second kappa shape index (κ2) is 8.26. The topological polar surface area (TPSA) is 70.2 Å². The predicted octanol–water partition coefficient (Wildman–Crippen LogP) is 4.23. The molecular weight excluding hydrogens is 396 g/mol. The van der Waals surface area contributed by atoms with Crippen LogP contribution in [0.4, 0.5) is 0 Å². The third kappa shape index (κ3) is 4.20. The number of sulfonamides is 1. The monoisotopic (exact) mass is 418 g/mol. The Bertz CT molecular complexity index is 1330. The third-order valence-electron chi connectivity index (χ3n) is 5.01. The number of nitrogens with zero attached hydrogens (tertiary/aromatic N) is 1. The van der Waals surface area contributed by atoms with Crippen LogP contribution in [0, 0.1) is 6.92 Å². The Balaban J connectivity index is 1.77. The molecular formula is C24H22N2O3S. The zero-order chi connectivity index (χ0) is 21.1. The van der Waals surface area contributed by atoms with Crippen LogP contribution in [-0.2, 0) is 23.1 Å². The molecule has 3 aromatic carbocycles. The van der Waals surface area contributed by atoms with Crippen molar-refractivity contribution in [1.82, 2.24) is 9.29 Å². The molecule has 0 atom stereocenters. The second-order valence-electron chi connectivity index (χ2n) is 7.29. The molecule has 5 nitrogen and oxygen atoms in total. The zero-order valence-corrected chi connectivity index (χ0v) is 17.4. The smallest absolute Gasteiger partial charge is 0.252 e. The quantitative estimate of drug-likeness (QED) is 0.509. The number of rotatable bonds is 6. The van der Waals surface area contributed by atoms with Crippen molar-refractivity contribution in [3.05, 3.63) is 112 Å². The van der Waals surface area contributed by atoms with E-state index in [0.717, 1.165) is 22.0 Å². The molecule has 152 valence electrons. The summed E-state index contributed by atoms with van der Waals surface area (Å²) < 4.78 is 28.1. The van der Waals surface area contributed by atoms with Gasteiger partial charge in [-0.1, -0.05) is 60.7 Å². The molecule has 6 heteroatoms. The lowest BCUT2D eigenvalue weighted by Gasteiger charge is -2.22. The maximum absolute atomic E-state index is 13.4. The Kier molecular flexibility index (Phi) is 5.53. The van der Waals surface area contributed by atoms with Gasteiger partial charge in [-0.05, 0) is 47.7 Å². The number of nitrogens with one attached hydrogen (secondary N) is 1. The van der Waals surface area contributed by atoms with E-state index in [1.165, 1.54) is 4.31 Å². The molecule has 0 amide bonds. The fraction of sp³-hybridized carbons (Fsp3) is 0.125. The van der Waals surface area contributed by atoms with Crippen molar-refractivity contribution in [2.75, 3.05) is 0 Å². The minimum Gasteiger partial charge on any atom is -0.322 e. The molecule has 0 aliphatic heterocycles. The average molecular weight is 419 g/mol. The number of aromatic amines is 1. The molecule has 4 rings (SSSR count). The number of hydrogen-bond acceptors (Lipinski definition) is 3. The lowest BCUT2D eigenvalue weighted by Crippen LogP contribution is -2.32. The summed E-state index contributed by atoms with van der Waals surface area (Å²) in [6.45, 7) is 2.11. The lowest BCUT2D eigenvalue weighted by molar-refractivity contribution is 0.400. The summed E-state index contributed by atoms with van der Waals surface area (Å²) in [5.74, 6) is 0. The fourth-order valence-electron chi connectivity index (χ4n) is 3.42. The molecule has 0 fully saturated rings. The molecule has 0 bridgehead atoms. The summed E-state index contributed by atoms with van der Waals surface area (Å²) in [6.07, 6.45) is 0. The van der Waals surface area contributed by atoms with Crippen LogP contribution < -0.4 is 5.56 Å². The maximum Gasteiger partial charge on any atom is 0.252 e. The Labute approximate surface area is 175 Å². The summed E-state index contributed by atoms with van der Waals surface area (Å²) in [5.41, 5.74) is 2.76. The van der Waals surface area contributed by atoms with Gasteiger partial charge in [0, 0.05) is 24.2 Å². The molecule has 4 aromatic rings. The zero-order valence-electron chi connectivity index (χ0n) is 16.6. The highest BCUT2D eigenvalue weighted by Gasteiger charge is 2.25. The number of H-pyrrole nitrogens is 1. The van der Waals surface area contributed by atoms with Crippen LogP contribution in [-0.4, -0.2) is 17.7 Å². The third-order valence-corrected chi connectivity index (χ3v) is 6.81. The number of aromatic nitrogens is 1. The molecule has 30 heavy (non-hydrogen) atoms. The van der Waals surface area contributed by atoms with E-state index in [4.69, 9.17) is 0 Å². The molecule has 0 spiro atoms. The van der Waals surface area contributed by atoms with Gasteiger partial charge in [0.1, 0.15) is 0 Å². The van der Waals surface area contributed by atoms with Crippen molar-refractivity contribution in [1.29, 1.82) is 0 Å². The van der Waals surface area contributed by atoms with Gasteiger partial charge in [-0.3, -0.25) is 4.79 Å². The summed E-state index contributed by atoms with van der Waals surface area (Å²) in [6, 6.07) is 25.2. The van der Waals surface area contributed by atoms with E-state index in [1.54, 1.807) is 36.4 Å². The highest BCUT2D eigenvalue weighted by atomic mass is 32.2. The molecule has 1 heterocycles. The standard InChI is InChI=1S/C24H22N2O3S/c1-18-12-13-20-15-21(24(27)25-23(20)14-18)17-26(16-19-8-4-2-5-9-19)30(28,29)22-10-6-3-7-11-22/h2-15H,16-17H2,1H3,(H,25,27). The number of hydrogen-bond donors (Lipinski definition) is 1. The van der Waals surface area contributed by atoms with Crippen LogP contribution in [0.3, 0.4) is 0 Å². The van der Waals surface area contributed by atoms with E-state index >= 15 is 0 Å². The van der Waals surface area contributed by atoms with E-state index in [9.17, 15) is 13.2 Å². The van der Waals surface area contributed by atoms with Crippen molar-refractivity contribution in [3.8, 4) is 0 Å². The van der Waals surface area contributed by atoms with Crippen LogP contribution in [0.15, 0.2) is 94.6 Å². The van der Waals surface area contributed by atoms with Crippen LogP contribution in [0.2, 0.25) is 0 Å². The van der Waals surface area contributed by atoms with Gasteiger partial charge in [-0.25, -0.2) is 8.42 Å². The van der Waals surface area contributed by atoms with Gasteiger partial charge in [-0.15, -0.1) is 0 Å². The number of benzene rings is 3. The van der Waals surface area contributed by atoms with Crippen LogP contribution in [0.1, 0.15) is 16.7 Å². The Morgan fingerprint density at radius 1 is 0.833 bits per heavy atom. The number of aryl methyl sites for hydroxylation is 1. The van der Waals surface area contributed by atoms with Crippen molar-refractivity contribution in [3.63, 3.8) is 0 Å². The van der Waals surface area contributed by atoms with Gasteiger partial charge in [0.15, 0.2) is 0 Å². The van der Waals surface area contributed by atoms with Crippen molar-refractivity contribution >= 4 is 20.9 Å². The summed E-state index contributed by atoms with van der Waals surface area (Å²) in [7, 11) is -3.79. The molecule has 1 N–H and O–H groups in total. The Hall–Kier alpha value is -3.22. The first-order valence-electron chi connectivity index (χ1n) is 9.65. The molecule has 0 saturated carbocycles. The minimum absolute atomic E-state index is 0.0225. The second-order valence-corrected chi connectivity index (χ2v) is 9.22. The van der Waals surface area contributed by atoms with Crippen molar-refractivity contribution < 1.29 is 8.42 Å². The number of pyridine rings is 1. The van der Waals surface area contributed by atoms with E-state index in [1.807, 2.05) is 55.5 Å². The van der Waals surface area contributed by atoms with Crippen molar-refractivity contribution in [2.24, 2.45) is 0 Å². The van der Waals surface area contributed by atoms with Gasteiger partial charge >= 0.3 is 0 Å². The van der Waals surface area contributed by atoms with Gasteiger partial charge < -0.3 is 4.98 Å². The van der Waals surface area contributed by atoms with Crippen LogP contribution >= 0.6 is 0 Å². The van der Waals surface area contributed by atoms with E-state index in [2.05, 4.69) is 4.98 Å². The lowest BCUT2D eigenvalue weighted by atomic mass is 10.1. The van der Waals surface area contributed by atoms with Crippen molar-refractivity contribution in [2.45, 2.75) is 24.9 Å². The molecule has 0 radical (unpaired) electrons. The summed E-state index contributed by atoms with van der Waals surface area (Å²) in [4.78, 5) is 15.8. The van der Waals surface area contributed by atoms with Gasteiger partial charge in [0.25, 0.3) is 5.56 Å². The normalized spacial score (nSPS) is 11.8. The highest BCUT2D eigenvalue weighted by Crippen LogP contribution is 2.21. The van der Waals surface area contributed by atoms with Crippen LogP contribution in [0.5, 0.6) is 0 Å². The number of fused-ring (bicyclic) bond motifs is 1. The first kappa shape index (κ1) is 20.1. The average Bonchev–Trinajstić information content (AvgIpc) is 2.75. The SMILES string of the molecule is Cc1ccc2cc(CN(Cc3ccccc3)S(=O)(=O)c3ccccc3)c(=O)[nH]c2c1. The maximum atomic E-state index is 13.4. The van der Waals surface area contributed by atoms with E-state index < -0.39 is 10.0 Å². The van der Waals surface area contributed by atoms with Gasteiger partial charge in [0.2, 0.25) is 10.0 Å². The molecule has 0 unspecified atom stereocenters. The van der Waals surface area contributed by atoms with Gasteiger partial charge in [-0.2, -0.15) is 4.31 Å². The Morgan fingerprint density at radius 2 is 1.50 bits per heavy atom. The molecule has 1 aromatic heterocycles. The largest absolute Gasteiger partial charge is 0.322 e. The van der Waals surface area contributed by atoms with Gasteiger partial charge in [0.05, 0.1) is 4.90 Å². The van der Waals surface area contributed by atoms with Crippen LogP contribution in [0.25, 0.3) is 10.9 Å². The molecule has 0 aliphatic rings. The van der Waals surface area contributed by atoms with E-state index in [-0.39, 0.29) is 23.5 Å². The minimum atomic E-state index is -3.79. The highest BCUT2D eigenvalue weighted by molar-refractivity contribution is 7.89. The summed E-state index contributed by atoms with van der Waals surface area (Å²) in [5, 5.41) is 0.868. The molecule has 0 saturated heterocycles.